The van der Waals surface area contributed by atoms with Crippen LogP contribution in [-0.2, 0) is 4.84 Å². The molecule has 10 heavy (non-hydrogen) atoms. The lowest BCUT2D eigenvalue weighted by molar-refractivity contribution is 0.127. The lowest BCUT2D eigenvalue weighted by Gasteiger charge is -2.04. The van der Waals surface area contributed by atoms with Crippen LogP contribution in [0.3, 0.4) is 0 Å². The molecule has 0 saturated carbocycles. The molecule has 0 aliphatic heterocycles. The smallest absolute Gasteiger partial charge is 0.0794 e. The monoisotopic (exact) mass is 158 g/mol. The molecule has 2 N–H and O–H groups in total. The van der Waals surface area contributed by atoms with E-state index < -0.39 is 0 Å². The van der Waals surface area contributed by atoms with Gasteiger partial charge in [-0.2, -0.15) is 0 Å². The lowest BCUT2D eigenvalue weighted by Crippen LogP contribution is -2.07. The van der Waals surface area contributed by atoms with Crippen LogP contribution in [0.4, 0.5) is 0 Å². The first kappa shape index (κ1) is 7.65. The SMILES string of the molecule is CC(CON)c1cncs1. The first-order valence-electron chi connectivity index (χ1n) is 3.04. The highest BCUT2D eigenvalue weighted by molar-refractivity contribution is 7.09. The third-order valence-corrected chi connectivity index (χ3v) is 2.29. The third kappa shape index (κ3) is 1.76. The van der Waals surface area contributed by atoms with Crippen molar-refractivity contribution in [2.45, 2.75) is 12.8 Å². The summed E-state index contributed by atoms with van der Waals surface area (Å²) in [5.41, 5.74) is 1.81. The molecule has 4 heteroatoms. The second kappa shape index (κ2) is 3.65. The Bertz CT molecular complexity index is 176. The van der Waals surface area contributed by atoms with Crippen LogP contribution in [0, 0.1) is 0 Å². The van der Waals surface area contributed by atoms with Crippen molar-refractivity contribution >= 4 is 11.3 Å². The fourth-order valence-electron chi connectivity index (χ4n) is 0.695. The molecule has 1 atom stereocenters. The van der Waals surface area contributed by atoms with E-state index in [4.69, 9.17) is 5.90 Å². The van der Waals surface area contributed by atoms with Crippen molar-refractivity contribution in [1.29, 1.82) is 0 Å². The normalized spacial score (nSPS) is 13.4. The largest absolute Gasteiger partial charge is 0.304 e. The number of thiazole rings is 1. The van der Waals surface area contributed by atoms with E-state index >= 15 is 0 Å². The van der Waals surface area contributed by atoms with Crippen molar-refractivity contribution in [3.8, 4) is 0 Å². The average molecular weight is 158 g/mol. The van der Waals surface area contributed by atoms with E-state index in [9.17, 15) is 0 Å². The van der Waals surface area contributed by atoms with Gasteiger partial charge in [-0.1, -0.05) is 6.92 Å². The van der Waals surface area contributed by atoms with E-state index in [0.29, 0.717) is 12.5 Å². The molecule has 1 rings (SSSR count). The molecule has 0 aliphatic rings. The lowest BCUT2D eigenvalue weighted by atomic mass is 10.2. The summed E-state index contributed by atoms with van der Waals surface area (Å²) in [6, 6.07) is 0. The number of nitrogens with two attached hydrogens (primary N) is 1. The van der Waals surface area contributed by atoms with E-state index in [0.717, 1.165) is 0 Å². The molecule has 0 saturated heterocycles. The Morgan fingerprint density at radius 1 is 1.90 bits per heavy atom. The average Bonchev–Trinajstić information content (AvgIpc) is 2.38. The van der Waals surface area contributed by atoms with Gasteiger partial charge in [0.15, 0.2) is 0 Å². The molecule has 0 fully saturated rings. The van der Waals surface area contributed by atoms with Gasteiger partial charge in [-0.15, -0.1) is 11.3 Å². The predicted molar refractivity (Wildman–Crippen MR) is 40.7 cm³/mol. The number of hydrogen-bond donors (Lipinski definition) is 1. The molecule has 0 amide bonds. The summed E-state index contributed by atoms with van der Waals surface area (Å²) in [4.78, 5) is 9.67. The van der Waals surface area contributed by atoms with Crippen LogP contribution in [0.1, 0.15) is 17.7 Å². The van der Waals surface area contributed by atoms with E-state index in [1.54, 1.807) is 11.3 Å². The van der Waals surface area contributed by atoms with Crippen molar-refractivity contribution in [3.63, 3.8) is 0 Å². The fourth-order valence-corrected chi connectivity index (χ4v) is 1.36. The molecule has 1 heterocycles. The van der Waals surface area contributed by atoms with Gasteiger partial charge in [0.05, 0.1) is 12.1 Å². The zero-order chi connectivity index (χ0) is 7.40. The van der Waals surface area contributed by atoms with Crippen molar-refractivity contribution in [1.82, 2.24) is 4.98 Å². The van der Waals surface area contributed by atoms with Crippen LogP contribution in [-0.4, -0.2) is 11.6 Å². The first-order valence-corrected chi connectivity index (χ1v) is 3.92. The predicted octanol–water partition coefficient (Wildman–Crippen LogP) is 1.14. The van der Waals surface area contributed by atoms with Gasteiger partial charge in [0.25, 0.3) is 0 Å². The Morgan fingerprint density at radius 3 is 3.20 bits per heavy atom. The Labute approximate surface area is 63.8 Å². The number of rotatable bonds is 3. The van der Waals surface area contributed by atoms with Crippen LogP contribution in [0.15, 0.2) is 11.7 Å². The van der Waals surface area contributed by atoms with Crippen molar-refractivity contribution in [3.05, 3.63) is 16.6 Å². The van der Waals surface area contributed by atoms with Gasteiger partial charge < -0.3 is 4.84 Å². The quantitative estimate of drug-likeness (QED) is 0.671. The molecular weight excluding hydrogens is 148 g/mol. The van der Waals surface area contributed by atoms with E-state index in [1.165, 1.54) is 4.88 Å². The number of nitrogens with zero attached hydrogens (tertiary/aromatic N) is 1. The minimum Gasteiger partial charge on any atom is -0.304 e. The Balaban J connectivity index is 2.50. The van der Waals surface area contributed by atoms with Gasteiger partial charge in [0, 0.05) is 17.0 Å². The van der Waals surface area contributed by atoms with Gasteiger partial charge in [0.1, 0.15) is 0 Å². The number of aromatic nitrogens is 1. The molecule has 56 valence electrons. The first-order chi connectivity index (χ1) is 4.84. The van der Waals surface area contributed by atoms with Crippen molar-refractivity contribution < 1.29 is 4.84 Å². The molecule has 0 spiro atoms. The second-order valence-electron chi connectivity index (χ2n) is 2.14. The molecule has 0 radical (unpaired) electrons. The standard InChI is InChI=1S/C6H10N2OS/c1-5(3-9-7)6-2-8-4-10-6/h2,4-5H,3,7H2,1H3. The maximum Gasteiger partial charge on any atom is 0.0794 e. The maximum absolute atomic E-state index is 4.92. The van der Waals surface area contributed by atoms with Gasteiger partial charge in [0.2, 0.25) is 0 Å². The third-order valence-electron chi connectivity index (χ3n) is 1.28. The van der Waals surface area contributed by atoms with Crippen molar-refractivity contribution in [2.75, 3.05) is 6.61 Å². The van der Waals surface area contributed by atoms with Gasteiger partial charge in [-0.05, 0) is 0 Å². The molecule has 0 aromatic carbocycles. The molecule has 0 aliphatic carbocycles. The topological polar surface area (TPSA) is 48.1 Å². The molecule has 1 aromatic rings. The molecule has 3 nitrogen and oxygen atoms in total. The zero-order valence-electron chi connectivity index (χ0n) is 5.78. The Kier molecular flexibility index (Phi) is 2.80. The highest BCUT2D eigenvalue weighted by Gasteiger charge is 2.05. The summed E-state index contributed by atoms with van der Waals surface area (Å²) >= 11 is 1.62. The van der Waals surface area contributed by atoms with Gasteiger partial charge in [-0.25, -0.2) is 5.90 Å². The second-order valence-corrected chi connectivity index (χ2v) is 3.06. The van der Waals surface area contributed by atoms with Gasteiger partial charge in [-0.3, -0.25) is 4.98 Å². The van der Waals surface area contributed by atoms with Crippen LogP contribution < -0.4 is 5.90 Å². The highest BCUT2D eigenvalue weighted by Crippen LogP contribution is 2.18. The maximum atomic E-state index is 4.92. The zero-order valence-corrected chi connectivity index (χ0v) is 6.60. The van der Waals surface area contributed by atoms with Gasteiger partial charge >= 0.3 is 0 Å². The van der Waals surface area contributed by atoms with E-state index in [2.05, 4.69) is 16.7 Å². The summed E-state index contributed by atoms with van der Waals surface area (Å²) in [5.74, 6) is 5.28. The number of hydrogen-bond acceptors (Lipinski definition) is 4. The highest BCUT2D eigenvalue weighted by atomic mass is 32.1. The fraction of sp³-hybridized carbons (Fsp3) is 0.500. The summed E-state index contributed by atoms with van der Waals surface area (Å²) < 4.78 is 0. The summed E-state index contributed by atoms with van der Waals surface area (Å²) in [7, 11) is 0. The van der Waals surface area contributed by atoms with Crippen LogP contribution in [0.25, 0.3) is 0 Å². The Hall–Kier alpha value is -0.450. The molecular formula is C6H10N2OS. The van der Waals surface area contributed by atoms with Crippen LogP contribution >= 0.6 is 11.3 Å². The molecule has 1 unspecified atom stereocenters. The van der Waals surface area contributed by atoms with E-state index in [-0.39, 0.29) is 0 Å². The Morgan fingerprint density at radius 2 is 2.70 bits per heavy atom. The van der Waals surface area contributed by atoms with Crippen LogP contribution in [0.5, 0.6) is 0 Å². The minimum absolute atomic E-state index is 0.359. The van der Waals surface area contributed by atoms with Crippen LogP contribution in [0.2, 0.25) is 0 Å². The molecule has 0 bridgehead atoms. The minimum atomic E-state index is 0.359. The molecule has 1 aromatic heterocycles. The summed E-state index contributed by atoms with van der Waals surface area (Å²) in [5, 5.41) is 0. The van der Waals surface area contributed by atoms with E-state index in [1.807, 2.05) is 11.7 Å². The van der Waals surface area contributed by atoms with Crippen molar-refractivity contribution in [2.24, 2.45) is 5.90 Å². The summed E-state index contributed by atoms with van der Waals surface area (Å²) in [6.07, 6.45) is 1.84. The summed E-state index contributed by atoms with van der Waals surface area (Å²) in [6.45, 7) is 2.61.